The highest BCUT2D eigenvalue weighted by Gasteiger charge is 2.47. The molecule has 0 radical (unpaired) electrons. The molecule has 1 aliphatic heterocycles. The third-order valence-electron chi connectivity index (χ3n) is 4.59. The number of aliphatic carboxylic acids is 1. The van der Waals surface area contributed by atoms with Crippen LogP contribution in [0.1, 0.15) is 20.3 Å². The van der Waals surface area contributed by atoms with Crippen LogP contribution in [0.2, 0.25) is 0 Å². The number of carboxylic acids is 1. The van der Waals surface area contributed by atoms with Gasteiger partial charge in [-0.3, -0.25) is 9.78 Å². The number of anilines is 1. The van der Waals surface area contributed by atoms with E-state index in [1.807, 2.05) is 43.0 Å². The van der Waals surface area contributed by atoms with Gasteiger partial charge in [0.2, 0.25) is 0 Å². The number of benzene rings is 1. The maximum absolute atomic E-state index is 11.7. The molecule has 0 spiro atoms. The number of hydrogen-bond donors (Lipinski definition) is 1. The Balaban J connectivity index is 1.92. The second kappa shape index (κ2) is 4.98. The van der Waals surface area contributed by atoms with Crippen molar-refractivity contribution >= 4 is 22.8 Å². The van der Waals surface area contributed by atoms with E-state index in [9.17, 15) is 9.90 Å². The minimum Gasteiger partial charge on any atom is -0.481 e. The first kappa shape index (κ1) is 13.8. The minimum atomic E-state index is -0.714. The lowest BCUT2D eigenvalue weighted by Crippen LogP contribution is -2.39. The van der Waals surface area contributed by atoms with Gasteiger partial charge in [-0.1, -0.05) is 26.0 Å². The molecule has 1 aliphatic rings. The smallest absolute Gasteiger partial charge is 0.311 e. The SMILES string of the molecule is CC(C)C1(C(=O)O)CCN(c2cnc3ccccc3n2)C1. The topological polar surface area (TPSA) is 66.3 Å². The van der Waals surface area contributed by atoms with Gasteiger partial charge in [-0.2, -0.15) is 0 Å². The van der Waals surface area contributed by atoms with Gasteiger partial charge in [-0.05, 0) is 24.5 Å². The van der Waals surface area contributed by atoms with Gasteiger partial charge >= 0.3 is 5.97 Å². The highest BCUT2D eigenvalue weighted by atomic mass is 16.4. The first-order chi connectivity index (χ1) is 10.0. The maximum Gasteiger partial charge on any atom is 0.311 e. The van der Waals surface area contributed by atoms with Crippen LogP contribution in [0.15, 0.2) is 30.5 Å². The lowest BCUT2D eigenvalue weighted by Gasteiger charge is -2.28. The molecule has 110 valence electrons. The zero-order valence-electron chi connectivity index (χ0n) is 12.3. The number of carbonyl (C=O) groups is 1. The third kappa shape index (κ3) is 2.22. The minimum absolute atomic E-state index is 0.0911. The van der Waals surface area contributed by atoms with E-state index in [1.54, 1.807) is 6.20 Å². The van der Waals surface area contributed by atoms with E-state index in [2.05, 4.69) is 9.97 Å². The molecule has 21 heavy (non-hydrogen) atoms. The number of carboxylic acid groups (broad SMARTS) is 1. The van der Waals surface area contributed by atoms with Crippen LogP contribution in [0.4, 0.5) is 5.82 Å². The fourth-order valence-electron chi connectivity index (χ4n) is 3.02. The van der Waals surface area contributed by atoms with Gasteiger partial charge in [-0.25, -0.2) is 4.98 Å². The molecule has 1 saturated heterocycles. The van der Waals surface area contributed by atoms with Gasteiger partial charge in [0.25, 0.3) is 0 Å². The number of nitrogens with zero attached hydrogens (tertiary/aromatic N) is 3. The lowest BCUT2D eigenvalue weighted by atomic mass is 9.76. The fraction of sp³-hybridized carbons (Fsp3) is 0.438. The van der Waals surface area contributed by atoms with Crippen molar-refractivity contribution in [3.63, 3.8) is 0 Å². The van der Waals surface area contributed by atoms with E-state index in [4.69, 9.17) is 0 Å². The van der Waals surface area contributed by atoms with Gasteiger partial charge < -0.3 is 10.0 Å². The summed E-state index contributed by atoms with van der Waals surface area (Å²) in [6, 6.07) is 7.71. The molecule has 3 rings (SSSR count). The summed E-state index contributed by atoms with van der Waals surface area (Å²) >= 11 is 0. The van der Waals surface area contributed by atoms with E-state index in [-0.39, 0.29) is 5.92 Å². The van der Waals surface area contributed by atoms with Crippen LogP contribution >= 0.6 is 0 Å². The van der Waals surface area contributed by atoms with Crippen LogP contribution in [0.25, 0.3) is 11.0 Å². The first-order valence-corrected chi connectivity index (χ1v) is 7.23. The molecule has 1 aromatic heterocycles. The Hall–Kier alpha value is -2.17. The van der Waals surface area contributed by atoms with Crippen molar-refractivity contribution < 1.29 is 9.90 Å². The van der Waals surface area contributed by atoms with Crippen LogP contribution in [0.3, 0.4) is 0 Å². The molecule has 0 saturated carbocycles. The molecule has 5 nitrogen and oxygen atoms in total. The zero-order chi connectivity index (χ0) is 15.0. The Kier molecular flexibility index (Phi) is 3.27. The molecular weight excluding hydrogens is 266 g/mol. The average Bonchev–Trinajstić information content (AvgIpc) is 2.93. The average molecular weight is 285 g/mol. The molecule has 1 N–H and O–H groups in total. The lowest BCUT2D eigenvalue weighted by molar-refractivity contribution is -0.150. The molecule has 2 aromatic rings. The summed E-state index contributed by atoms with van der Waals surface area (Å²) in [4.78, 5) is 22.8. The molecule has 0 bridgehead atoms. The van der Waals surface area contributed by atoms with Gasteiger partial charge in [0, 0.05) is 13.1 Å². The molecule has 5 heteroatoms. The van der Waals surface area contributed by atoms with Crippen molar-refractivity contribution in [1.29, 1.82) is 0 Å². The predicted octanol–water partition coefficient (Wildman–Crippen LogP) is 2.57. The monoisotopic (exact) mass is 285 g/mol. The van der Waals surface area contributed by atoms with E-state index in [1.165, 1.54) is 0 Å². The number of para-hydroxylation sites is 2. The number of hydrogen-bond acceptors (Lipinski definition) is 4. The van der Waals surface area contributed by atoms with Gasteiger partial charge in [0.05, 0.1) is 22.6 Å². The summed E-state index contributed by atoms with van der Waals surface area (Å²) in [7, 11) is 0. The fourth-order valence-corrected chi connectivity index (χ4v) is 3.02. The summed E-state index contributed by atoms with van der Waals surface area (Å²) in [5.74, 6) is 0.139. The summed E-state index contributed by atoms with van der Waals surface area (Å²) in [6.45, 7) is 5.15. The molecule has 1 atom stereocenters. The molecule has 1 unspecified atom stereocenters. The van der Waals surface area contributed by atoms with E-state index >= 15 is 0 Å². The Morgan fingerprint density at radius 2 is 2.05 bits per heavy atom. The highest BCUT2D eigenvalue weighted by molar-refractivity contribution is 5.78. The van der Waals surface area contributed by atoms with Gasteiger partial charge in [-0.15, -0.1) is 0 Å². The van der Waals surface area contributed by atoms with Crippen molar-refractivity contribution in [1.82, 2.24) is 9.97 Å². The quantitative estimate of drug-likeness (QED) is 0.938. The normalized spacial score (nSPS) is 22.1. The molecule has 2 heterocycles. The van der Waals surface area contributed by atoms with E-state index in [0.717, 1.165) is 16.9 Å². The molecular formula is C16H19N3O2. The van der Waals surface area contributed by atoms with Crippen LogP contribution in [0, 0.1) is 11.3 Å². The van der Waals surface area contributed by atoms with Crippen LogP contribution in [-0.2, 0) is 4.79 Å². The number of fused-ring (bicyclic) bond motifs is 1. The first-order valence-electron chi connectivity index (χ1n) is 7.23. The molecule has 1 aromatic carbocycles. The Morgan fingerprint density at radius 3 is 2.67 bits per heavy atom. The standard InChI is InChI=1S/C16H19N3O2/c1-11(2)16(15(20)21)7-8-19(10-16)14-9-17-12-5-3-4-6-13(12)18-14/h3-6,9,11H,7-8,10H2,1-2H3,(H,20,21). The van der Waals surface area contributed by atoms with Crippen LogP contribution in [-0.4, -0.2) is 34.1 Å². The van der Waals surface area contributed by atoms with Crippen molar-refractivity contribution in [2.45, 2.75) is 20.3 Å². The predicted molar refractivity (Wildman–Crippen MR) is 81.3 cm³/mol. The van der Waals surface area contributed by atoms with Crippen molar-refractivity contribution in [3.8, 4) is 0 Å². The Morgan fingerprint density at radius 1 is 1.33 bits per heavy atom. The third-order valence-corrected chi connectivity index (χ3v) is 4.59. The molecule has 1 fully saturated rings. The van der Waals surface area contributed by atoms with Gasteiger partial charge in [0.1, 0.15) is 5.82 Å². The number of aromatic nitrogens is 2. The summed E-state index contributed by atoms with van der Waals surface area (Å²) < 4.78 is 0. The van der Waals surface area contributed by atoms with Crippen molar-refractivity contribution in [2.75, 3.05) is 18.0 Å². The summed E-state index contributed by atoms with van der Waals surface area (Å²) in [5, 5.41) is 9.61. The largest absolute Gasteiger partial charge is 0.481 e. The summed E-state index contributed by atoms with van der Waals surface area (Å²) in [6.07, 6.45) is 2.38. The van der Waals surface area contributed by atoms with Gasteiger partial charge in [0.15, 0.2) is 0 Å². The maximum atomic E-state index is 11.7. The second-order valence-electron chi connectivity index (χ2n) is 6.00. The molecule has 0 aliphatic carbocycles. The Bertz CT molecular complexity index is 686. The number of rotatable bonds is 3. The second-order valence-corrected chi connectivity index (χ2v) is 6.00. The van der Waals surface area contributed by atoms with Crippen LogP contribution in [0.5, 0.6) is 0 Å². The van der Waals surface area contributed by atoms with E-state index < -0.39 is 11.4 Å². The summed E-state index contributed by atoms with van der Waals surface area (Å²) in [5.41, 5.74) is 1.01. The highest BCUT2D eigenvalue weighted by Crippen LogP contribution is 2.39. The Labute approximate surface area is 123 Å². The van der Waals surface area contributed by atoms with Crippen molar-refractivity contribution in [3.05, 3.63) is 30.5 Å². The zero-order valence-corrected chi connectivity index (χ0v) is 12.3. The van der Waals surface area contributed by atoms with E-state index in [0.29, 0.717) is 19.5 Å². The molecule has 0 amide bonds. The van der Waals surface area contributed by atoms with Crippen LogP contribution < -0.4 is 4.90 Å². The van der Waals surface area contributed by atoms with Crippen molar-refractivity contribution in [2.24, 2.45) is 11.3 Å².